The minimum Gasteiger partial charge on any atom is -0.333 e. The molecule has 1 atom stereocenters. The molecule has 0 saturated heterocycles. The highest BCUT2D eigenvalue weighted by Gasteiger charge is 2.27. The number of halogens is 2. The Balaban J connectivity index is 4.25. The van der Waals surface area contributed by atoms with Crippen LogP contribution in [-0.4, -0.2) is 17.9 Å². The van der Waals surface area contributed by atoms with Gasteiger partial charge in [0.1, 0.15) is 5.54 Å². The number of amides is 1. The second kappa shape index (κ2) is 4.00. The van der Waals surface area contributed by atoms with Gasteiger partial charge in [0.05, 0.1) is 6.07 Å². The molecule has 0 rings (SSSR count). The van der Waals surface area contributed by atoms with Gasteiger partial charge in [0.25, 0.3) is 5.91 Å². The first kappa shape index (κ1) is 10.8. The van der Waals surface area contributed by atoms with E-state index in [2.05, 4.69) is 0 Å². The Labute approximate surface area is 69.4 Å². The van der Waals surface area contributed by atoms with Gasteiger partial charge in [-0.15, -0.1) is 0 Å². The molecule has 0 fully saturated rings. The van der Waals surface area contributed by atoms with Crippen LogP contribution in [0.4, 0.5) is 8.78 Å². The molecule has 0 heterocycles. The van der Waals surface area contributed by atoms with Crippen LogP contribution in [0.15, 0.2) is 0 Å². The summed E-state index contributed by atoms with van der Waals surface area (Å²) in [6.45, 7) is 3.03. The number of hydrogen-bond acceptors (Lipinski definition) is 2. The molecule has 0 saturated carbocycles. The summed E-state index contributed by atoms with van der Waals surface area (Å²) in [4.78, 5) is 10.5. The standard InChI is InChI=1S/C7H10F2N2O/c1-3-7(2,4-10)11-6(12)5(8)9/h5H,3H2,1-2H3,(H,11,12). The van der Waals surface area contributed by atoms with E-state index in [1.54, 1.807) is 13.0 Å². The summed E-state index contributed by atoms with van der Waals surface area (Å²) in [5.74, 6) is -1.40. The van der Waals surface area contributed by atoms with Gasteiger partial charge in [0.2, 0.25) is 0 Å². The first-order chi connectivity index (χ1) is 5.45. The third-order valence-electron chi connectivity index (χ3n) is 1.55. The lowest BCUT2D eigenvalue weighted by atomic mass is 10.0. The molecule has 0 bridgehead atoms. The van der Waals surface area contributed by atoms with E-state index in [-0.39, 0.29) is 0 Å². The van der Waals surface area contributed by atoms with Crippen molar-refractivity contribution in [2.75, 3.05) is 0 Å². The van der Waals surface area contributed by atoms with Crippen LogP contribution in [0.2, 0.25) is 0 Å². The van der Waals surface area contributed by atoms with Crippen molar-refractivity contribution >= 4 is 5.91 Å². The van der Waals surface area contributed by atoms with Crippen LogP contribution in [0.3, 0.4) is 0 Å². The van der Waals surface area contributed by atoms with Crippen LogP contribution in [-0.2, 0) is 4.79 Å². The van der Waals surface area contributed by atoms with Gasteiger partial charge in [-0.25, -0.2) is 0 Å². The highest BCUT2D eigenvalue weighted by Crippen LogP contribution is 2.08. The summed E-state index contributed by atoms with van der Waals surface area (Å²) in [6.07, 6.45) is -2.77. The van der Waals surface area contributed by atoms with Crippen LogP contribution in [0.25, 0.3) is 0 Å². The predicted octanol–water partition coefficient (Wildman–Crippen LogP) is 1.06. The van der Waals surface area contributed by atoms with Crippen molar-refractivity contribution in [3.8, 4) is 6.07 Å². The minimum absolute atomic E-state index is 0.294. The fraction of sp³-hybridized carbons (Fsp3) is 0.714. The fourth-order valence-corrected chi connectivity index (χ4v) is 0.522. The van der Waals surface area contributed by atoms with Gasteiger partial charge in [0, 0.05) is 0 Å². The van der Waals surface area contributed by atoms with E-state index in [0.717, 1.165) is 0 Å². The molecular weight excluding hydrogens is 166 g/mol. The van der Waals surface area contributed by atoms with E-state index < -0.39 is 17.9 Å². The molecule has 0 aromatic carbocycles. The van der Waals surface area contributed by atoms with E-state index in [1.165, 1.54) is 6.92 Å². The van der Waals surface area contributed by atoms with E-state index in [9.17, 15) is 13.6 Å². The zero-order valence-corrected chi connectivity index (χ0v) is 6.90. The lowest BCUT2D eigenvalue weighted by molar-refractivity contribution is -0.133. The topological polar surface area (TPSA) is 52.9 Å². The summed E-state index contributed by atoms with van der Waals surface area (Å²) < 4.78 is 23.4. The first-order valence-corrected chi connectivity index (χ1v) is 3.46. The van der Waals surface area contributed by atoms with E-state index >= 15 is 0 Å². The average Bonchev–Trinajstić information content (AvgIpc) is 2.04. The van der Waals surface area contributed by atoms with Crippen molar-refractivity contribution in [3.05, 3.63) is 0 Å². The van der Waals surface area contributed by atoms with Crippen LogP contribution in [0.5, 0.6) is 0 Å². The molecular formula is C7H10F2N2O. The lowest BCUT2D eigenvalue weighted by Gasteiger charge is -2.20. The summed E-state index contributed by atoms with van der Waals surface area (Å²) in [6, 6.07) is 1.75. The molecule has 68 valence electrons. The summed E-state index contributed by atoms with van der Waals surface area (Å²) in [5.41, 5.74) is -1.19. The number of alkyl halides is 2. The Bertz CT molecular complexity index is 212. The van der Waals surface area contributed by atoms with Crippen molar-refractivity contribution in [1.82, 2.24) is 5.32 Å². The molecule has 12 heavy (non-hydrogen) atoms. The third-order valence-corrected chi connectivity index (χ3v) is 1.55. The largest absolute Gasteiger partial charge is 0.333 e. The minimum atomic E-state index is -3.07. The molecule has 0 aliphatic rings. The third kappa shape index (κ3) is 2.82. The van der Waals surface area contributed by atoms with Crippen molar-refractivity contribution in [1.29, 1.82) is 5.26 Å². The summed E-state index contributed by atoms with van der Waals surface area (Å²) in [5, 5.41) is 10.4. The van der Waals surface area contributed by atoms with Gasteiger partial charge < -0.3 is 5.32 Å². The lowest BCUT2D eigenvalue weighted by Crippen LogP contribution is -2.46. The summed E-state index contributed by atoms with van der Waals surface area (Å²) in [7, 11) is 0. The van der Waals surface area contributed by atoms with Gasteiger partial charge in [-0.3, -0.25) is 4.79 Å². The van der Waals surface area contributed by atoms with Gasteiger partial charge >= 0.3 is 6.43 Å². The van der Waals surface area contributed by atoms with E-state index in [1.807, 2.05) is 5.32 Å². The Kier molecular flexibility index (Phi) is 3.61. The predicted molar refractivity (Wildman–Crippen MR) is 38.5 cm³/mol. The maximum absolute atomic E-state index is 11.7. The molecule has 1 unspecified atom stereocenters. The number of hydrogen-bond donors (Lipinski definition) is 1. The van der Waals surface area contributed by atoms with Gasteiger partial charge in [-0.2, -0.15) is 14.0 Å². The molecule has 1 amide bonds. The Morgan fingerprint density at radius 3 is 2.50 bits per heavy atom. The zero-order valence-electron chi connectivity index (χ0n) is 6.90. The molecule has 5 heteroatoms. The van der Waals surface area contributed by atoms with Crippen molar-refractivity contribution < 1.29 is 13.6 Å². The van der Waals surface area contributed by atoms with Crippen LogP contribution in [0.1, 0.15) is 20.3 Å². The Morgan fingerprint density at radius 2 is 2.25 bits per heavy atom. The second-order valence-corrected chi connectivity index (χ2v) is 2.59. The number of nitrogens with one attached hydrogen (secondary N) is 1. The number of nitriles is 1. The SMILES string of the molecule is CCC(C)(C#N)NC(=O)C(F)F. The van der Waals surface area contributed by atoms with Crippen LogP contribution >= 0.6 is 0 Å². The fourth-order valence-electron chi connectivity index (χ4n) is 0.522. The molecule has 0 aromatic rings. The van der Waals surface area contributed by atoms with Gasteiger partial charge in [0.15, 0.2) is 0 Å². The Morgan fingerprint density at radius 1 is 1.75 bits per heavy atom. The van der Waals surface area contributed by atoms with Gasteiger partial charge in [-0.1, -0.05) is 6.92 Å². The number of carbonyl (C=O) groups is 1. The molecule has 0 aromatic heterocycles. The average molecular weight is 176 g/mol. The molecule has 3 nitrogen and oxygen atoms in total. The maximum atomic E-state index is 11.7. The second-order valence-electron chi connectivity index (χ2n) is 2.59. The van der Waals surface area contributed by atoms with Crippen molar-refractivity contribution in [3.63, 3.8) is 0 Å². The summed E-state index contributed by atoms with van der Waals surface area (Å²) >= 11 is 0. The van der Waals surface area contributed by atoms with Crippen molar-refractivity contribution in [2.24, 2.45) is 0 Å². The number of rotatable bonds is 3. The Hall–Kier alpha value is -1.18. The molecule has 0 aliphatic carbocycles. The highest BCUT2D eigenvalue weighted by molar-refractivity contribution is 5.80. The molecule has 0 aliphatic heterocycles. The van der Waals surface area contributed by atoms with Gasteiger partial charge in [-0.05, 0) is 13.3 Å². The maximum Gasteiger partial charge on any atom is 0.315 e. The van der Waals surface area contributed by atoms with Crippen LogP contribution in [0, 0.1) is 11.3 Å². The molecule has 0 radical (unpaired) electrons. The van der Waals surface area contributed by atoms with Crippen LogP contribution < -0.4 is 5.32 Å². The van der Waals surface area contributed by atoms with E-state index in [4.69, 9.17) is 5.26 Å². The first-order valence-electron chi connectivity index (χ1n) is 3.46. The molecule has 0 spiro atoms. The smallest absolute Gasteiger partial charge is 0.315 e. The van der Waals surface area contributed by atoms with Crippen molar-refractivity contribution in [2.45, 2.75) is 32.2 Å². The zero-order chi connectivity index (χ0) is 9.78. The number of nitrogens with zero attached hydrogens (tertiary/aromatic N) is 1. The number of carbonyl (C=O) groups excluding carboxylic acids is 1. The monoisotopic (exact) mass is 176 g/mol. The van der Waals surface area contributed by atoms with E-state index in [0.29, 0.717) is 6.42 Å². The molecule has 1 N–H and O–H groups in total. The highest BCUT2D eigenvalue weighted by atomic mass is 19.3. The normalized spacial score (nSPS) is 15.0. The quantitative estimate of drug-likeness (QED) is 0.699.